The van der Waals surface area contributed by atoms with Crippen LogP contribution in [0.5, 0.6) is 0 Å². The number of allylic oxidation sites excluding steroid dienone is 28. The summed E-state index contributed by atoms with van der Waals surface area (Å²) < 4.78 is 68.4. The molecule has 0 aromatic carbocycles. The van der Waals surface area contributed by atoms with Crippen LogP contribution in [0.15, 0.2) is 170 Å². The van der Waals surface area contributed by atoms with Crippen LogP contribution in [0, 0.1) is 0 Å². The van der Waals surface area contributed by atoms with Crippen molar-refractivity contribution in [3.8, 4) is 0 Å². The largest absolute Gasteiger partial charge is 0.472 e. The topological polar surface area (TPSA) is 237 Å². The van der Waals surface area contributed by atoms with Gasteiger partial charge in [0, 0.05) is 25.7 Å². The molecule has 5 atom stereocenters. The number of unbranched alkanes of at least 4 members (excludes halogenated alkanes) is 16. The van der Waals surface area contributed by atoms with Crippen LogP contribution in [0.1, 0.15) is 272 Å². The Hall–Kier alpha value is -5.58. The summed E-state index contributed by atoms with van der Waals surface area (Å²) in [6.45, 7) is 4.32. The van der Waals surface area contributed by atoms with Gasteiger partial charge in [0.15, 0.2) is 12.2 Å². The van der Waals surface area contributed by atoms with Crippen molar-refractivity contribution in [2.75, 3.05) is 39.6 Å². The second-order valence-electron chi connectivity index (χ2n) is 24.8. The van der Waals surface area contributed by atoms with Crippen molar-refractivity contribution < 1.29 is 80.2 Å². The Morgan fingerprint density at radius 3 is 0.814 bits per heavy atom. The number of esters is 4. The highest BCUT2D eigenvalue weighted by Gasteiger charge is 2.30. The van der Waals surface area contributed by atoms with E-state index < -0.39 is 97.5 Å². The van der Waals surface area contributed by atoms with E-state index >= 15 is 0 Å². The predicted molar refractivity (Wildman–Crippen MR) is 417 cm³/mol. The van der Waals surface area contributed by atoms with Crippen LogP contribution in [-0.4, -0.2) is 96.7 Å². The van der Waals surface area contributed by atoms with Crippen molar-refractivity contribution in [3.63, 3.8) is 0 Å². The van der Waals surface area contributed by atoms with Gasteiger partial charge in [0.05, 0.1) is 26.4 Å². The Kier molecular flexibility index (Phi) is 69.7. The number of carbonyl (C=O) groups excluding carboxylic acids is 4. The normalized spacial score (nSPS) is 14.9. The number of aliphatic hydroxyl groups excluding tert-OH is 1. The van der Waals surface area contributed by atoms with Gasteiger partial charge in [-0.1, -0.05) is 249 Å². The van der Waals surface area contributed by atoms with E-state index in [-0.39, 0.29) is 25.7 Å². The molecular formula is C83H134O17P2. The summed E-state index contributed by atoms with van der Waals surface area (Å²) in [5, 5.41) is 10.6. The third-order valence-electron chi connectivity index (χ3n) is 15.1. The van der Waals surface area contributed by atoms with E-state index in [1.807, 2.05) is 0 Å². The molecule has 0 saturated heterocycles. The van der Waals surface area contributed by atoms with E-state index in [9.17, 15) is 43.2 Å². The highest BCUT2D eigenvalue weighted by atomic mass is 31.2. The second kappa shape index (κ2) is 73.7. The van der Waals surface area contributed by atoms with E-state index in [4.69, 9.17) is 37.0 Å². The molecule has 17 nitrogen and oxygen atoms in total. The molecule has 0 aliphatic carbocycles. The molecule has 0 radical (unpaired) electrons. The lowest BCUT2D eigenvalue weighted by molar-refractivity contribution is -0.161. The minimum absolute atomic E-state index is 0.0594. The van der Waals surface area contributed by atoms with Crippen LogP contribution >= 0.6 is 15.6 Å². The van der Waals surface area contributed by atoms with Crippen molar-refractivity contribution in [1.82, 2.24) is 0 Å². The molecule has 0 aromatic heterocycles. The fourth-order valence-corrected chi connectivity index (χ4v) is 11.0. The molecule has 19 heteroatoms. The summed E-state index contributed by atoms with van der Waals surface area (Å²) in [5.41, 5.74) is 0. The highest BCUT2D eigenvalue weighted by molar-refractivity contribution is 7.47. The minimum Gasteiger partial charge on any atom is -0.462 e. The molecule has 0 rings (SSSR count). The van der Waals surface area contributed by atoms with Gasteiger partial charge in [-0.2, -0.15) is 0 Å². The molecule has 578 valence electrons. The van der Waals surface area contributed by atoms with Crippen molar-refractivity contribution >= 4 is 39.5 Å². The molecule has 5 unspecified atom stereocenters. The predicted octanol–water partition coefficient (Wildman–Crippen LogP) is 22.2. The fourth-order valence-electron chi connectivity index (χ4n) is 9.41. The maximum absolute atomic E-state index is 13.1. The van der Waals surface area contributed by atoms with Gasteiger partial charge in [0.1, 0.15) is 19.3 Å². The van der Waals surface area contributed by atoms with Crippen molar-refractivity contribution in [1.29, 1.82) is 0 Å². The van der Waals surface area contributed by atoms with Crippen molar-refractivity contribution in [2.24, 2.45) is 0 Å². The summed E-state index contributed by atoms with van der Waals surface area (Å²) in [6.07, 6.45) is 86.3. The lowest BCUT2D eigenvalue weighted by Gasteiger charge is -2.21. The molecule has 0 aliphatic rings. The number of carbonyl (C=O) groups is 4. The Labute approximate surface area is 616 Å². The van der Waals surface area contributed by atoms with Crippen molar-refractivity contribution in [2.45, 2.75) is 290 Å². The molecule has 102 heavy (non-hydrogen) atoms. The number of phosphoric acid groups is 2. The average molecular weight is 1470 g/mol. The Morgan fingerprint density at radius 1 is 0.284 bits per heavy atom. The Bertz CT molecular complexity index is 2600. The zero-order valence-corrected chi connectivity index (χ0v) is 64.8. The van der Waals surface area contributed by atoms with Crippen LogP contribution in [0.3, 0.4) is 0 Å². The Morgan fingerprint density at radius 2 is 0.510 bits per heavy atom. The van der Waals surface area contributed by atoms with E-state index in [1.165, 1.54) is 0 Å². The standard InChI is InChI=1S/C83H134O17P2/c1-5-9-13-17-21-25-29-33-36-37-38-39-42-45-48-52-56-60-64-68-81(86)94-73-78(99-82(87)69-65-61-57-53-49-43-32-28-24-20-16-12-8-4)75-97-101(89,90)95-71-77(84)72-96-102(91,92)98-76-79(100-83(88)70-66-62-58-54-50-46-41-35-31-27-23-19-15-11-7-3)74-93-80(85)67-63-59-55-51-47-44-40-34-30-26-22-18-14-10-6-2/h9-11,13-16,20-23,25-28,32-36,38-41,45,47-48,51,77-79,84H,5-8,12,17-19,24,29-31,37,42-44,46,49-50,52-76H2,1-4H3,(H,89,90)(H,91,92)/b13-9-,14-10-,15-11-,20-16-,25-21-,26-22-,27-23-,32-28-,36-33-,39-38-,40-34-,41-35-,48-45-,51-47-. The molecular weight excluding hydrogens is 1330 g/mol. The summed E-state index contributed by atoms with van der Waals surface area (Å²) >= 11 is 0. The molecule has 0 heterocycles. The Balaban J connectivity index is 5.45. The summed E-state index contributed by atoms with van der Waals surface area (Å²) in [4.78, 5) is 72.9. The van der Waals surface area contributed by atoms with Crippen LogP contribution in [0.25, 0.3) is 0 Å². The molecule has 0 saturated carbocycles. The first-order valence-electron chi connectivity index (χ1n) is 38.4. The van der Waals surface area contributed by atoms with Gasteiger partial charge in [-0.05, 0) is 167 Å². The van der Waals surface area contributed by atoms with Gasteiger partial charge >= 0.3 is 39.5 Å². The molecule has 0 aromatic rings. The lowest BCUT2D eigenvalue weighted by atomic mass is 10.1. The average Bonchev–Trinajstić information content (AvgIpc) is 0.908. The van der Waals surface area contributed by atoms with E-state index in [2.05, 4.69) is 198 Å². The van der Waals surface area contributed by atoms with Crippen molar-refractivity contribution in [3.05, 3.63) is 170 Å². The van der Waals surface area contributed by atoms with Crippen LogP contribution in [-0.2, 0) is 65.4 Å². The first kappa shape index (κ1) is 96.4. The van der Waals surface area contributed by atoms with Crippen LogP contribution in [0.4, 0.5) is 0 Å². The van der Waals surface area contributed by atoms with E-state index in [0.717, 1.165) is 193 Å². The molecule has 0 aliphatic heterocycles. The lowest BCUT2D eigenvalue weighted by Crippen LogP contribution is -2.30. The SMILES string of the molecule is CC/C=C\C/C=C\C/C=C\C/C=C\C/C=C\CCCCCC(=O)OCC(COP(=O)(O)OCC(O)COP(=O)(O)OCC(COC(=O)CCCC/C=C\C/C=C\C/C=C\C/C=C\CC)OC(=O)CCCCCCC/C=C\C/C=C\C/C=C\CC)OC(=O)CCCCCCC/C=C\C/C=C\CCC. The second-order valence-corrected chi connectivity index (χ2v) is 27.7. The van der Waals surface area contributed by atoms with Gasteiger partial charge < -0.3 is 33.8 Å². The summed E-state index contributed by atoms with van der Waals surface area (Å²) in [7, 11) is -10.00. The number of hydrogen-bond donors (Lipinski definition) is 3. The van der Waals surface area contributed by atoms with E-state index in [0.29, 0.717) is 25.7 Å². The summed E-state index contributed by atoms with van der Waals surface area (Å²) in [6, 6.07) is 0. The van der Waals surface area contributed by atoms with Gasteiger partial charge in [0.2, 0.25) is 0 Å². The maximum atomic E-state index is 13.1. The number of aliphatic hydroxyl groups is 1. The number of ether oxygens (including phenoxy) is 4. The molecule has 0 spiro atoms. The maximum Gasteiger partial charge on any atom is 0.472 e. The minimum atomic E-state index is -5.00. The number of rotatable bonds is 70. The smallest absolute Gasteiger partial charge is 0.462 e. The first-order valence-corrected chi connectivity index (χ1v) is 41.4. The van der Waals surface area contributed by atoms with Crippen LogP contribution in [0.2, 0.25) is 0 Å². The van der Waals surface area contributed by atoms with Gasteiger partial charge in [-0.3, -0.25) is 37.3 Å². The monoisotopic (exact) mass is 1460 g/mol. The molecule has 3 N–H and O–H groups in total. The molecule has 0 amide bonds. The quantitative estimate of drug-likeness (QED) is 0.0169. The third-order valence-corrected chi connectivity index (χ3v) is 17.0. The zero-order valence-electron chi connectivity index (χ0n) is 63.0. The van der Waals surface area contributed by atoms with Gasteiger partial charge in [0.25, 0.3) is 0 Å². The van der Waals surface area contributed by atoms with E-state index in [1.54, 1.807) is 0 Å². The first-order chi connectivity index (χ1) is 49.7. The van der Waals surface area contributed by atoms with Gasteiger partial charge in [-0.15, -0.1) is 0 Å². The van der Waals surface area contributed by atoms with Gasteiger partial charge in [-0.25, -0.2) is 9.13 Å². The molecule has 0 fully saturated rings. The zero-order chi connectivity index (χ0) is 74.6. The fraction of sp³-hybridized carbons (Fsp3) is 0.614. The summed E-state index contributed by atoms with van der Waals surface area (Å²) in [5.74, 6) is -2.31. The molecule has 0 bridgehead atoms. The number of hydrogen-bond acceptors (Lipinski definition) is 15. The highest BCUT2D eigenvalue weighted by Crippen LogP contribution is 2.45. The number of phosphoric ester groups is 2. The third kappa shape index (κ3) is 72.8. The van der Waals surface area contributed by atoms with Crippen LogP contribution < -0.4 is 0 Å².